The van der Waals surface area contributed by atoms with Gasteiger partial charge in [0.2, 0.25) is 5.91 Å². The van der Waals surface area contributed by atoms with Gasteiger partial charge in [-0.15, -0.1) is 0 Å². The first-order chi connectivity index (χ1) is 14.1. The lowest BCUT2D eigenvalue weighted by atomic mass is 10.0. The standard InChI is InChI=1S/C23H29N3O3/c1-18-7-9-19(10-8-18)21(17-26-13-15-29-16-14-26)25-22(27)11-12-24-23(28)20-5-3-2-4-6-20/h2-10,21H,11-17H2,1H3,(H,24,28)(H,25,27). The Kier molecular flexibility index (Phi) is 7.78. The summed E-state index contributed by atoms with van der Waals surface area (Å²) in [6.07, 6.45) is 0.240. The van der Waals surface area contributed by atoms with Crippen molar-refractivity contribution >= 4 is 11.8 Å². The molecule has 0 radical (unpaired) electrons. The first kappa shape index (κ1) is 21.0. The average Bonchev–Trinajstić information content (AvgIpc) is 2.75. The van der Waals surface area contributed by atoms with Crippen molar-refractivity contribution in [2.24, 2.45) is 0 Å². The van der Waals surface area contributed by atoms with E-state index in [1.54, 1.807) is 12.1 Å². The molecule has 6 nitrogen and oxygen atoms in total. The number of carbonyl (C=O) groups is 2. The molecular weight excluding hydrogens is 366 g/mol. The Labute approximate surface area is 172 Å². The normalized spacial score (nSPS) is 15.5. The van der Waals surface area contributed by atoms with Crippen LogP contribution in [0.15, 0.2) is 54.6 Å². The molecule has 1 saturated heterocycles. The van der Waals surface area contributed by atoms with E-state index in [4.69, 9.17) is 4.74 Å². The molecule has 0 spiro atoms. The van der Waals surface area contributed by atoms with Crippen LogP contribution in [0.4, 0.5) is 0 Å². The molecule has 29 heavy (non-hydrogen) atoms. The molecule has 0 bridgehead atoms. The second-order valence-electron chi connectivity index (χ2n) is 7.32. The minimum atomic E-state index is -0.165. The van der Waals surface area contributed by atoms with Crippen molar-refractivity contribution in [3.05, 3.63) is 71.3 Å². The fourth-order valence-electron chi connectivity index (χ4n) is 3.32. The van der Waals surface area contributed by atoms with Gasteiger partial charge in [0, 0.05) is 38.2 Å². The van der Waals surface area contributed by atoms with Crippen molar-refractivity contribution in [2.45, 2.75) is 19.4 Å². The van der Waals surface area contributed by atoms with Gasteiger partial charge in [0.15, 0.2) is 0 Å². The summed E-state index contributed by atoms with van der Waals surface area (Å²) >= 11 is 0. The first-order valence-electron chi connectivity index (χ1n) is 10.1. The lowest BCUT2D eigenvalue weighted by Gasteiger charge is -2.31. The summed E-state index contributed by atoms with van der Waals surface area (Å²) in [5.74, 6) is -0.237. The van der Waals surface area contributed by atoms with Crippen LogP contribution in [0, 0.1) is 6.92 Å². The number of benzene rings is 2. The molecule has 1 fully saturated rings. The number of aryl methyl sites for hydroxylation is 1. The maximum absolute atomic E-state index is 12.5. The highest BCUT2D eigenvalue weighted by Crippen LogP contribution is 2.16. The predicted molar refractivity (Wildman–Crippen MR) is 113 cm³/mol. The number of hydrogen-bond acceptors (Lipinski definition) is 4. The number of morpholine rings is 1. The van der Waals surface area contributed by atoms with Crippen molar-refractivity contribution in [2.75, 3.05) is 39.4 Å². The highest BCUT2D eigenvalue weighted by molar-refractivity contribution is 5.94. The van der Waals surface area contributed by atoms with Crippen LogP contribution >= 0.6 is 0 Å². The van der Waals surface area contributed by atoms with Gasteiger partial charge < -0.3 is 15.4 Å². The summed E-state index contributed by atoms with van der Waals surface area (Å²) in [4.78, 5) is 27.0. The van der Waals surface area contributed by atoms with Gasteiger partial charge in [0.05, 0.1) is 19.3 Å². The van der Waals surface area contributed by atoms with E-state index >= 15 is 0 Å². The van der Waals surface area contributed by atoms with E-state index in [9.17, 15) is 9.59 Å². The van der Waals surface area contributed by atoms with Crippen LogP contribution in [0.5, 0.6) is 0 Å². The van der Waals surface area contributed by atoms with E-state index < -0.39 is 0 Å². The number of carbonyl (C=O) groups excluding carboxylic acids is 2. The zero-order chi connectivity index (χ0) is 20.5. The first-order valence-corrected chi connectivity index (χ1v) is 10.1. The Bertz CT molecular complexity index is 787. The van der Waals surface area contributed by atoms with E-state index in [1.807, 2.05) is 18.2 Å². The SMILES string of the molecule is Cc1ccc(C(CN2CCOCC2)NC(=O)CCNC(=O)c2ccccc2)cc1. The monoisotopic (exact) mass is 395 g/mol. The second-order valence-corrected chi connectivity index (χ2v) is 7.32. The number of amides is 2. The van der Waals surface area contributed by atoms with Crippen molar-refractivity contribution in [1.29, 1.82) is 0 Å². The zero-order valence-corrected chi connectivity index (χ0v) is 16.9. The Morgan fingerprint density at radius 1 is 1.03 bits per heavy atom. The van der Waals surface area contributed by atoms with Crippen LogP contribution in [0.2, 0.25) is 0 Å². The summed E-state index contributed by atoms with van der Waals surface area (Å²) in [6, 6.07) is 17.2. The molecule has 2 N–H and O–H groups in total. The van der Waals surface area contributed by atoms with Crippen molar-refractivity contribution in [3.63, 3.8) is 0 Å². The molecule has 1 heterocycles. The van der Waals surface area contributed by atoms with E-state index in [-0.39, 0.29) is 24.3 Å². The van der Waals surface area contributed by atoms with Gasteiger partial charge in [-0.2, -0.15) is 0 Å². The summed E-state index contributed by atoms with van der Waals surface area (Å²) in [7, 11) is 0. The van der Waals surface area contributed by atoms with Crippen molar-refractivity contribution < 1.29 is 14.3 Å². The number of nitrogens with zero attached hydrogens (tertiary/aromatic N) is 1. The van der Waals surface area contributed by atoms with Crippen molar-refractivity contribution in [1.82, 2.24) is 15.5 Å². The van der Waals surface area contributed by atoms with Gasteiger partial charge in [0.1, 0.15) is 0 Å². The van der Waals surface area contributed by atoms with Gasteiger partial charge in [0.25, 0.3) is 5.91 Å². The van der Waals surface area contributed by atoms with E-state index in [0.29, 0.717) is 12.1 Å². The van der Waals surface area contributed by atoms with Crippen LogP contribution in [0.25, 0.3) is 0 Å². The van der Waals surface area contributed by atoms with Crippen LogP contribution < -0.4 is 10.6 Å². The smallest absolute Gasteiger partial charge is 0.251 e. The molecule has 0 aromatic heterocycles. The van der Waals surface area contributed by atoms with Gasteiger partial charge in [-0.05, 0) is 24.6 Å². The zero-order valence-electron chi connectivity index (χ0n) is 16.9. The number of rotatable bonds is 8. The Balaban J connectivity index is 1.54. The predicted octanol–water partition coefficient (Wildman–Crippen LogP) is 2.30. The molecule has 2 amide bonds. The third-order valence-electron chi connectivity index (χ3n) is 5.03. The summed E-state index contributed by atoms with van der Waals surface area (Å²) < 4.78 is 5.43. The molecule has 6 heteroatoms. The maximum Gasteiger partial charge on any atom is 0.251 e. The largest absolute Gasteiger partial charge is 0.379 e. The molecule has 2 aromatic carbocycles. The van der Waals surface area contributed by atoms with E-state index in [1.165, 1.54) is 5.56 Å². The third-order valence-corrected chi connectivity index (χ3v) is 5.03. The molecular formula is C23H29N3O3. The second kappa shape index (κ2) is 10.7. The summed E-state index contributed by atoms with van der Waals surface area (Å²) in [6.45, 7) is 6.28. The fraction of sp³-hybridized carbons (Fsp3) is 0.391. The molecule has 1 aliphatic heterocycles. The number of nitrogens with one attached hydrogen (secondary N) is 2. The molecule has 154 valence electrons. The number of ether oxygens (including phenoxy) is 1. The molecule has 1 aliphatic rings. The topological polar surface area (TPSA) is 70.7 Å². The van der Waals surface area contributed by atoms with Crippen LogP contribution in [-0.4, -0.2) is 56.1 Å². The highest BCUT2D eigenvalue weighted by atomic mass is 16.5. The molecule has 3 rings (SSSR count). The minimum absolute atomic E-state index is 0.0720. The molecule has 1 unspecified atom stereocenters. The van der Waals surface area contributed by atoms with Gasteiger partial charge in [-0.1, -0.05) is 48.0 Å². The molecule has 0 aliphatic carbocycles. The average molecular weight is 396 g/mol. The Morgan fingerprint density at radius 2 is 1.72 bits per heavy atom. The lowest BCUT2D eigenvalue weighted by Crippen LogP contribution is -2.43. The van der Waals surface area contributed by atoms with Crippen LogP contribution in [-0.2, 0) is 9.53 Å². The third kappa shape index (κ3) is 6.69. The maximum atomic E-state index is 12.5. The van der Waals surface area contributed by atoms with Crippen LogP contribution in [0.3, 0.4) is 0 Å². The highest BCUT2D eigenvalue weighted by Gasteiger charge is 2.20. The van der Waals surface area contributed by atoms with Gasteiger partial charge >= 0.3 is 0 Å². The quantitative estimate of drug-likeness (QED) is 0.720. The van der Waals surface area contributed by atoms with E-state index in [2.05, 4.69) is 46.7 Å². The van der Waals surface area contributed by atoms with Gasteiger partial charge in [-0.25, -0.2) is 0 Å². The Hall–Kier alpha value is -2.70. The van der Waals surface area contributed by atoms with Gasteiger partial charge in [-0.3, -0.25) is 14.5 Å². The number of hydrogen-bond donors (Lipinski definition) is 2. The van der Waals surface area contributed by atoms with Crippen LogP contribution in [0.1, 0.15) is 33.9 Å². The van der Waals surface area contributed by atoms with Crippen molar-refractivity contribution in [3.8, 4) is 0 Å². The molecule has 1 atom stereocenters. The summed E-state index contributed by atoms with van der Waals surface area (Å²) in [5.41, 5.74) is 2.87. The lowest BCUT2D eigenvalue weighted by molar-refractivity contribution is -0.121. The Morgan fingerprint density at radius 3 is 2.41 bits per heavy atom. The van der Waals surface area contributed by atoms with E-state index in [0.717, 1.165) is 38.4 Å². The molecule has 0 saturated carbocycles. The molecule has 2 aromatic rings. The minimum Gasteiger partial charge on any atom is -0.379 e. The fourth-order valence-corrected chi connectivity index (χ4v) is 3.32. The summed E-state index contributed by atoms with van der Waals surface area (Å²) in [5, 5.41) is 5.95.